The first-order valence-electron chi connectivity index (χ1n) is 7.88. The molecule has 0 spiro atoms. The summed E-state index contributed by atoms with van der Waals surface area (Å²) in [5, 5.41) is 12.0. The molecule has 3 rings (SSSR count). The van der Waals surface area contributed by atoms with E-state index in [0.29, 0.717) is 22.4 Å². The lowest BCUT2D eigenvalue weighted by Gasteiger charge is -2.14. The molecular weight excluding hydrogens is 306 g/mol. The lowest BCUT2D eigenvalue weighted by molar-refractivity contribution is 0.0941. The summed E-state index contributed by atoms with van der Waals surface area (Å²) in [5.41, 5.74) is 4.44. The van der Waals surface area contributed by atoms with Crippen molar-refractivity contribution in [1.29, 1.82) is 0 Å². The average Bonchev–Trinajstić information content (AvgIpc) is 3.01. The Morgan fingerprint density at radius 1 is 1.33 bits per heavy atom. The van der Waals surface area contributed by atoms with Crippen molar-refractivity contribution >= 4 is 17.0 Å². The molecule has 1 atom stereocenters. The van der Waals surface area contributed by atoms with Crippen LogP contribution >= 0.6 is 0 Å². The van der Waals surface area contributed by atoms with Crippen LogP contribution in [-0.2, 0) is 13.5 Å². The van der Waals surface area contributed by atoms with Gasteiger partial charge in [-0.1, -0.05) is 5.16 Å². The second kappa shape index (κ2) is 6.07. The van der Waals surface area contributed by atoms with Gasteiger partial charge in [0.2, 0.25) is 0 Å². The fraction of sp³-hybridized carbons (Fsp3) is 0.412. The number of fused-ring (bicyclic) bond motifs is 1. The van der Waals surface area contributed by atoms with Crippen molar-refractivity contribution in [2.24, 2.45) is 7.05 Å². The standard InChI is InChI=1S/C17H21N5O2/c1-9(6-13-8-22(5)20-11(13)3)18-16(23)14-7-10(2)19-17-15(14)12(4)21-24-17/h7-9H,6H2,1-5H3,(H,18,23). The van der Waals surface area contributed by atoms with Gasteiger partial charge in [-0.2, -0.15) is 5.10 Å². The molecule has 3 heterocycles. The average molecular weight is 327 g/mol. The third kappa shape index (κ3) is 3.02. The van der Waals surface area contributed by atoms with E-state index < -0.39 is 0 Å². The number of hydrogen-bond donors (Lipinski definition) is 1. The van der Waals surface area contributed by atoms with Gasteiger partial charge in [-0.15, -0.1) is 0 Å². The topological polar surface area (TPSA) is 85.8 Å². The fourth-order valence-electron chi connectivity index (χ4n) is 2.93. The van der Waals surface area contributed by atoms with E-state index in [0.717, 1.165) is 23.4 Å². The van der Waals surface area contributed by atoms with Gasteiger partial charge in [0.05, 0.1) is 22.3 Å². The first-order chi connectivity index (χ1) is 11.3. The van der Waals surface area contributed by atoms with Gasteiger partial charge in [0.15, 0.2) is 0 Å². The third-order valence-corrected chi connectivity index (χ3v) is 4.01. The number of hydrogen-bond acceptors (Lipinski definition) is 5. The smallest absolute Gasteiger partial charge is 0.258 e. The van der Waals surface area contributed by atoms with Crippen molar-refractivity contribution in [2.45, 2.75) is 40.2 Å². The minimum Gasteiger partial charge on any atom is -0.349 e. The van der Waals surface area contributed by atoms with E-state index >= 15 is 0 Å². The largest absolute Gasteiger partial charge is 0.349 e. The molecule has 3 aromatic heterocycles. The van der Waals surface area contributed by atoms with Crippen LogP contribution in [-0.4, -0.2) is 31.9 Å². The summed E-state index contributed by atoms with van der Waals surface area (Å²) in [4.78, 5) is 17.0. The Hall–Kier alpha value is -2.70. The zero-order valence-electron chi connectivity index (χ0n) is 14.5. The molecular formula is C17H21N5O2. The molecule has 0 saturated heterocycles. The van der Waals surface area contributed by atoms with E-state index in [9.17, 15) is 4.79 Å². The minimum atomic E-state index is -0.147. The molecule has 1 unspecified atom stereocenters. The van der Waals surface area contributed by atoms with Crippen LogP contribution in [0.5, 0.6) is 0 Å². The quantitative estimate of drug-likeness (QED) is 0.794. The lowest BCUT2D eigenvalue weighted by atomic mass is 10.1. The van der Waals surface area contributed by atoms with Gasteiger partial charge >= 0.3 is 0 Å². The predicted octanol–water partition coefficient (Wildman–Crippen LogP) is 2.24. The van der Waals surface area contributed by atoms with Crippen LogP contribution in [0.3, 0.4) is 0 Å². The van der Waals surface area contributed by atoms with Crippen LogP contribution in [0.1, 0.15) is 39.9 Å². The Kier molecular flexibility index (Phi) is 4.09. The summed E-state index contributed by atoms with van der Waals surface area (Å²) in [6.45, 7) is 7.59. The molecule has 0 fully saturated rings. The Bertz CT molecular complexity index is 909. The molecule has 1 amide bonds. The summed E-state index contributed by atoms with van der Waals surface area (Å²) in [6.07, 6.45) is 2.71. The maximum atomic E-state index is 12.7. The van der Waals surface area contributed by atoms with Gasteiger partial charge in [0, 0.05) is 25.0 Å². The lowest BCUT2D eigenvalue weighted by Crippen LogP contribution is -2.34. The number of rotatable bonds is 4. The number of pyridine rings is 1. The SMILES string of the molecule is Cc1cc(C(=O)NC(C)Cc2cn(C)nc2C)c2c(C)noc2n1. The molecule has 0 bridgehead atoms. The van der Waals surface area contributed by atoms with Crippen molar-refractivity contribution < 1.29 is 9.32 Å². The summed E-state index contributed by atoms with van der Waals surface area (Å²) >= 11 is 0. The zero-order chi connectivity index (χ0) is 17.4. The van der Waals surface area contributed by atoms with E-state index in [4.69, 9.17) is 4.52 Å². The van der Waals surface area contributed by atoms with Gasteiger partial charge in [0.1, 0.15) is 0 Å². The number of amides is 1. The van der Waals surface area contributed by atoms with E-state index in [2.05, 4.69) is 20.6 Å². The predicted molar refractivity (Wildman–Crippen MR) is 89.9 cm³/mol. The summed E-state index contributed by atoms with van der Waals surface area (Å²) in [7, 11) is 1.89. The number of aromatic nitrogens is 4. The van der Waals surface area contributed by atoms with E-state index in [1.165, 1.54) is 0 Å². The fourth-order valence-corrected chi connectivity index (χ4v) is 2.93. The molecule has 0 aromatic carbocycles. The molecule has 0 aliphatic carbocycles. The molecule has 1 N–H and O–H groups in total. The Morgan fingerprint density at radius 2 is 2.08 bits per heavy atom. The molecule has 0 aliphatic heterocycles. The minimum absolute atomic E-state index is 0.0240. The van der Waals surface area contributed by atoms with E-state index in [1.54, 1.807) is 10.7 Å². The number of nitrogens with zero attached hydrogens (tertiary/aromatic N) is 4. The molecule has 7 nitrogen and oxygen atoms in total. The Balaban J connectivity index is 1.82. The highest BCUT2D eigenvalue weighted by atomic mass is 16.5. The maximum Gasteiger partial charge on any atom is 0.258 e. The Morgan fingerprint density at radius 3 is 2.75 bits per heavy atom. The first-order valence-corrected chi connectivity index (χ1v) is 7.88. The highest BCUT2D eigenvalue weighted by Crippen LogP contribution is 2.22. The van der Waals surface area contributed by atoms with E-state index in [1.807, 2.05) is 40.9 Å². The van der Waals surface area contributed by atoms with Crippen molar-refractivity contribution in [3.05, 3.63) is 40.5 Å². The third-order valence-electron chi connectivity index (χ3n) is 4.01. The van der Waals surface area contributed by atoms with Crippen LogP contribution in [0.2, 0.25) is 0 Å². The van der Waals surface area contributed by atoms with Crippen molar-refractivity contribution in [3.63, 3.8) is 0 Å². The van der Waals surface area contributed by atoms with Crippen LogP contribution in [0.4, 0.5) is 0 Å². The van der Waals surface area contributed by atoms with Crippen LogP contribution in [0.25, 0.3) is 11.1 Å². The number of carbonyl (C=O) groups excluding carboxylic acids is 1. The molecule has 126 valence electrons. The zero-order valence-corrected chi connectivity index (χ0v) is 14.5. The molecule has 24 heavy (non-hydrogen) atoms. The van der Waals surface area contributed by atoms with Crippen LogP contribution in [0.15, 0.2) is 16.8 Å². The summed E-state index contributed by atoms with van der Waals surface area (Å²) in [5.74, 6) is -0.147. The van der Waals surface area contributed by atoms with Gasteiger partial charge in [-0.25, -0.2) is 4.98 Å². The first kappa shape index (κ1) is 16.2. The van der Waals surface area contributed by atoms with Crippen molar-refractivity contribution in [2.75, 3.05) is 0 Å². The second-order valence-electron chi connectivity index (χ2n) is 6.25. The van der Waals surface area contributed by atoms with Gasteiger partial charge < -0.3 is 9.84 Å². The van der Waals surface area contributed by atoms with Crippen LogP contribution < -0.4 is 5.32 Å². The normalized spacial score (nSPS) is 12.5. The number of carbonyl (C=O) groups is 1. The van der Waals surface area contributed by atoms with Crippen LogP contribution in [0, 0.1) is 20.8 Å². The summed E-state index contributed by atoms with van der Waals surface area (Å²) < 4.78 is 6.97. The molecule has 7 heteroatoms. The molecule has 0 radical (unpaired) electrons. The number of nitrogens with one attached hydrogen (secondary N) is 1. The van der Waals surface area contributed by atoms with Crippen molar-refractivity contribution in [3.8, 4) is 0 Å². The highest BCUT2D eigenvalue weighted by Gasteiger charge is 2.19. The highest BCUT2D eigenvalue weighted by molar-refractivity contribution is 6.06. The van der Waals surface area contributed by atoms with Gasteiger partial charge in [-0.3, -0.25) is 9.48 Å². The van der Waals surface area contributed by atoms with Crippen molar-refractivity contribution in [1.82, 2.24) is 25.2 Å². The Labute approximate surface area is 140 Å². The maximum absolute atomic E-state index is 12.7. The number of aryl methyl sites for hydroxylation is 4. The van der Waals surface area contributed by atoms with E-state index in [-0.39, 0.29) is 11.9 Å². The monoisotopic (exact) mass is 327 g/mol. The second-order valence-corrected chi connectivity index (χ2v) is 6.25. The summed E-state index contributed by atoms with van der Waals surface area (Å²) in [6, 6.07) is 1.74. The molecule has 0 saturated carbocycles. The van der Waals surface area contributed by atoms with Gasteiger partial charge in [0.25, 0.3) is 11.6 Å². The molecule has 0 aliphatic rings. The van der Waals surface area contributed by atoms with Gasteiger partial charge in [-0.05, 0) is 45.7 Å². The molecule has 3 aromatic rings.